The quantitative estimate of drug-likeness (QED) is 0.0376. The summed E-state index contributed by atoms with van der Waals surface area (Å²) in [4.78, 5) is 103. The standard InChI is InChI=1S/C38H57BN10O11/c1-6-7-8-22-9-11-23(12-10-22)24-13-15-25(16-14-24)33(54)46-27(19-50)35(56)44-21(4)32(53)43-18-29(52)49(5)30(20(2)3)36(57)47-31(41)37(58)45-26(17-28(40)51)34(55)48-38(42)39(59)60/h9-16,20-21,26-27,30-31,38,50,59-60H,6-8,17-19,41-42H2,1-5H3,(H2,40,51)(H,43,53)(H,44,56)(H,45,58)(H,46,54)(H,47,57)(H,48,55)/t21-,26+,27-,30+,31-,38-/m1/s1. The summed E-state index contributed by atoms with van der Waals surface area (Å²) in [6.45, 7) is 5.20. The van der Waals surface area contributed by atoms with E-state index in [2.05, 4.69) is 45.6 Å². The molecule has 0 aliphatic carbocycles. The second kappa shape index (κ2) is 24.2. The molecule has 328 valence electrons. The molecule has 0 aliphatic rings. The van der Waals surface area contributed by atoms with Crippen molar-refractivity contribution in [1.29, 1.82) is 0 Å². The highest BCUT2D eigenvalue weighted by atomic mass is 16.4. The molecule has 2 rings (SSSR count). The van der Waals surface area contributed by atoms with E-state index in [0.29, 0.717) is 0 Å². The molecule has 6 atom stereocenters. The van der Waals surface area contributed by atoms with Gasteiger partial charge in [-0.05, 0) is 54.5 Å². The van der Waals surface area contributed by atoms with Gasteiger partial charge in [-0.1, -0.05) is 63.6 Å². The van der Waals surface area contributed by atoms with Crippen LogP contribution in [-0.4, -0.2) is 131 Å². The van der Waals surface area contributed by atoms with Crippen LogP contribution in [0.2, 0.25) is 0 Å². The number of rotatable bonds is 23. The predicted molar refractivity (Wildman–Crippen MR) is 219 cm³/mol. The van der Waals surface area contributed by atoms with Crippen LogP contribution < -0.4 is 49.1 Å². The van der Waals surface area contributed by atoms with Crippen LogP contribution in [0.25, 0.3) is 11.1 Å². The van der Waals surface area contributed by atoms with Crippen LogP contribution in [0, 0.1) is 5.92 Å². The van der Waals surface area contributed by atoms with Crippen LogP contribution in [0.1, 0.15) is 62.9 Å². The van der Waals surface area contributed by atoms with E-state index in [0.717, 1.165) is 35.3 Å². The number of amides is 8. The van der Waals surface area contributed by atoms with E-state index in [4.69, 9.17) is 27.2 Å². The lowest BCUT2D eigenvalue weighted by molar-refractivity contribution is -0.142. The minimum absolute atomic E-state index is 0.234. The fourth-order valence-electron chi connectivity index (χ4n) is 5.71. The van der Waals surface area contributed by atoms with E-state index >= 15 is 0 Å². The van der Waals surface area contributed by atoms with Gasteiger partial charge < -0.3 is 69.2 Å². The van der Waals surface area contributed by atoms with Crippen molar-refractivity contribution in [1.82, 2.24) is 36.8 Å². The van der Waals surface area contributed by atoms with Gasteiger partial charge in [-0.15, -0.1) is 0 Å². The first-order valence-corrected chi connectivity index (χ1v) is 19.2. The Hall–Kier alpha value is -5.94. The molecular weight excluding hydrogens is 783 g/mol. The molecule has 0 bridgehead atoms. The number of carbonyl (C=O) groups is 8. The Morgan fingerprint density at radius 2 is 1.30 bits per heavy atom. The number of aliphatic hydroxyl groups is 1. The Bertz CT molecular complexity index is 1820. The van der Waals surface area contributed by atoms with E-state index in [-0.39, 0.29) is 5.56 Å². The van der Waals surface area contributed by atoms with E-state index in [1.54, 1.807) is 38.1 Å². The molecule has 22 heteroatoms. The van der Waals surface area contributed by atoms with Crippen LogP contribution in [-0.2, 0) is 40.0 Å². The molecule has 0 spiro atoms. The first-order valence-electron chi connectivity index (χ1n) is 19.2. The maximum atomic E-state index is 13.2. The zero-order valence-electron chi connectivity index (χ0n) is 34.3. The summed E-state index contributed by atoms with van der Waals surface area (Å²) >= 11 is 0. The maximum absolute atomic E-state index is 13.2. The summed E-state index contributed by atoms with van der Waals surface area (Å²) in [7, 11) is -0.911. The smallest absolute Gasteiger partial charge is 0.425 e. The Morgan fingerprint density at radius 1 is 0.733 bits per heavy atom. The predicted octanol–water partition coefficient (Wildman–Crippen LogP) is -3.94. The fourth-order valence-corrected chi connectivity index (χ4v) is 5.71. The molecule has 2 aromatic rings. The van der Waals surface area contributed by atoms with Crippen LogP contribution in [0.15, 0.2) is 48.5 Å². The molecule has 0 saturated carbocycles. The SMILES string of the molecule is CCCCc1ccc(-c2ccc(C(=O)N[C@H](CO)C(=O)N[C@H](C)C(=O)NCC(=O)N(C)[C@H](C(=O)N[C@@H](N)C(=O)N[C@@H](CC(N)=O)C(=O)N[C@@H](N)B(O)O)C(C)C)cc2)cc1. The van der Waals surface area contributed by atoms with Crippen molar-refractivity contribution < 1.29 is 53.5 Å². The molecule has 0 aliphatic heterocycles. The first-order chi connectivity index (χ1) is 28.2. The fraction of sp³-hybridized carbons (Fsp3) is 0.474. The Balaban J connectivity index is 1.94. The summed E-state index contributed by atoms with van der Waals surface area (Å²) < 4.78 is 0. The molecule has 60 heavy (non-hydrogen) atoms. The van der Waals surface area contributed by atoms with E-state index in [1.165, 1.54) is 19.5 Å². The van der Waals surface area contributed by atoms with E-state index in [9.17, 15) is 43.5 Å². The second-order valence-electron chi connectivity index (χ2n) is 14.4. The van der Waals surface area contributed by atoms with Gasteiger partial charge in [0.15, 0.2) is 6.17 Å². The average Bonchev–Trinajstić information content (AvgIpc) is 3.20. The van der Waals surface area contributed by atoms with Gasteiger partial charge in [0.2, 0.25) is 35.4 Å². The number of carbonyl (C=O) groups excluding carboxylic acids is 8. The van der Waals surface area contributed by atoms with Gasteiger partial charge in [0.05, 0.1) is 19.6 Å². The van der Waals surface area contributed by atoms with Crippen LogP contribution in [0.5, 0.6) is 0 Å². The highest BCUT2D eigenvalue weighted by Gasteiger charge is 2.34. The van der Waals surface area contributed by atoms with Crippen LogP contribution >= 0.6 is 0 Å². The molecule has 21 nitrogen and oxygen atoms in total. The number of nitrogens with one attached hydrogen (secondary N) is 6. The number of nitrogens with two attached hydrogens (primary N) is 3. The van der Waals surface area contributed by atoms with E-state index in [1.807, 2.05) is 17.4 Å². The van der Waals surface area contributed by atoms with Crippen molar-refractivity contribution in [3.63, 3.8) is 0 Å². The number of benzene rings is 2. The molecule has 0 fully saturated rings. The Labute approximate surface area is 348 Å². The lowest BCUT2D eigenvalue weighted by atomic mass is 9.86. The zero-order valence-corrected chi connectivity index (χ0v) is 34.3. The third-order valence-corrected chi connectivity index (χ3v) is 9.18. The number of nitrogens with zero attached hydrogens (tertiary/aromatic N) is 1. The molecule has 2 aromatic carbocycles. The zero-order chi connectivity index (χ0) is 45.3. The Morgan fingerprint density at radius 3 is 1.82 bits per heavy atom. The van der Waals surface area contributed by atoms with Gasteiger partial charge in [-0.25, -0.2) is 0 Å². The summed E-state index contributed by atoms with van der Waals surface area (Å²) in [6, 6.07) is 7.61. The minimum atomic E-state index is -2.17. The molecule has 0 radical (unpaired) electrons. The van der Waals surface area contributed by atoms with Gasteiger partial charge in [0.25, 0.3) is 11.8 Å². The van der Waals surface area contributed by atoms with Gasteiger partial charge in [-0.3, -0.25) is 38.4 Å². The van der Waals surface area contributed by atoms with Gasteiger partial charge in [0, 0.05) is 12.6 Å². The van der Waals surface area contributed by atoms with Gasteiger partial charge in [-0.2, -0.15) is 0 Å². The number of likely N-dealkylation sites (N-methyl/N-ethyl adjacent to an activating group) is 1. The van der Waals surface area contributed by atoms with Crippen molar-refractivity contribution in [3.05, 3.63) is 59.7 Å². The number of primary amides is 1. The maximum Gasteiger partial charge on any atom is 0.490 e. The lowest BCUT2D eigenvalue weighted by Crippen LogP contribution is -2.62. The number of aryl methyl sites for hydroxylation is 1. The van der Waals surface area contributed by atoms with Crippen LogP contribution in [0.3, 0.4) is 0 Å². The lowest BCUT2D eigenvalue weighted by Gasteiger charge is -2.31. The second-order valence-corrected chi connectivity index (χ2v) is 14.4. The van der Waals surface area contributed by atoms with Gasteiger partial charge >= 0.3 is 7.12 Å². The summed E-state index contributed by atoms with van der Waals surface area (Å²) in [5, 5.41) is 41.6. The number of unbranched alkanes of at least 4 members (excludes halogenated alkanes) is 1. The molecule has 8 amide bonds. The van der Waals surface area contributed by atoms with Crippen molar-refractivity contribution in [2.45, 2.75) is 89.8 Å². The Kier molecular flexibility index (Phi) is 20.3. The third kappa shape index (κ3) is 15.7. The molecule has 0 unspecified atom stereocenters. The average molecular weight is 841 g/mol. The van der Waals surface area contributed by atoms with E-state index < -0.39 is 116 Å². The van der Waals surface area contributed by atoms with Crippen molar-refractivity contribution >= 4 is 54.4 Å². The topological polar surface area (TPSA) is 351 Å². The normalized spacial score (nSPS) is 13.9. The largest absolute Gasteiger partial charge is 0.490 e. The van der Waals surface area contributed by atoms with Gasteiger partial charge in [0.1, 0.15) is 30.2 Å². The summed E-state index contributed by atoms with van der Waals surface area (Å²) in [6.07, 6.45) is 0.646. The number of hydrogen-bond donors (Lipinski definition) is 12. The first kappa shape index (κ1) is 50.2. The molecule has 0 heterocycles. The monoisotopic (exact) mass is 840 g/mol. The van der Waals surface area contributed by atoms with Crippen molar-refractivity contribution in [2.75, 3.05) is 20.2 Å². The minimum Gasteiger partial charge on any atom is -0.425 e. The van der Waals surface area contributed by atoms with Crippen LogP contribution in [0.4, 0.5) is 0 Å². The van der Waals surface area contributed by atoms with Crippen molar-refractivity contribution in [2.24, 2.45) is 23.1 Å². The highest BCUT2D eigenvalue weighted by Crippen LogP contribution is 2.21. The summed E-state index contributed by atoms with van der Waals surface area (Å²) in [5.41, 5.74) is 19.7. The number of aliphatic hydroxyl groups excluding tert-OH is 1. The molecule has 0 aromatic heterocycles. The third-order valence-electron chi connectivity index (χ3n) is 9.18. The molecule has 15 N–H and O–H groups in total. The molecular formula is C38H57BN10O11. The number of hydrogen-bond acceptors (Lipinski definition) is 13. The molecule has 0 saturated heterocycles. The highest BCUT2D eigenvalue weighted by molar-refractivity contribution is 6.43. The van der Waals surface area contributed by atoms with Crippen molar-refractivity contribution in [3.8, 4) is 11.1 Å². The summed E-state index contributed by atoms with van der Waals surface area (Å²) in [5.74, 6) is -7.84.